The Morgan fingerprint density at radius 1 is 1.32 bits per heavy atom. The number of ether oxygens (including phenoxy) is 1. The van der Waals surface area contributed by atoms with E-state index < -0.39 is 0 Å². The second kappa shape index (κ2) is 6.38. The predicted molar refractivity (Wildman–Crippen MR) is 84.7 cm³/mol. The van der Waals surface area contributed by atoms with E-state index in [0.29, 0.717) is 18.6 Å². The van der Waals surface area contributed by atoms with Crippen molar-refractivity contribution in [1.29, 1.82) is 0 Å². The molecule has 3 nitrogen and oxygen atoms in total. The van der Waals surface area contributed by atoms with Crippen molar-refractivity contribution in [2.24, 2.45) is 0 Å². The first-order valence-corrected chi connectivity index (χ1v) is 7.33. The van der Waals surface area contributed by atoms with Crippen LogP contribution in [-0.4, -0.2) is 11.4 Å². The highest BCUT2D eigenvalue weighted by Gasteiger charge is 2.06. The summed E-state index contributed by atoms with van der Waals surface area (Å²) in [4.78, 5) is 10.6. The molecule has 5 heteroatoms. The molecule has 0 aliphatic heterocycles. The molecule has 0 spiro atoms. The van der Waals surface area contributed by atoms with Crippen LogP contribution in [0.4, 0.5) is 0 Å². The molecule has 0 aliphatic carbocycles. The summed E-state index contributed by atoms with van der Waals surface area (Å²) >= 11 is 5.75. The molecule has 0 heterocycles. The van der Waals surface area contributed by atoms with Gasteiger partial charge in [0.2, 0.25) is 0 Å². The van der Waals surface area contributed by atoms with Gasteiger partial charge in [-0.05, 0) is 56.7 Å². The fourth-order valence-electron chi connectivity index (χ4n) is 1.53. The number of hydrogen-bond acceptors (Lipinski definition) is 3. The zero-order chi connectivity index (χ0) is 13.8. The molecule has 0 bridgehead atoms. The van der Waals surface area contributed by atoms with Gasteiger partial charge in [0.05, 0.1) is 5.56 Å². The van der Waals surface area contributed by atoms with Crippen LogP contribution in [0.1, 0.15) is 15.9 Å². The summed E-state index contributed by atoms with van der Waals surface area (Å²) in [6.07, 6.45) is 0.606. The topological polar surface area (TPSA) is 46.5 Å². The summed E-state index contributed by atoms with van der Waals surface area (Å²) in [7, 11) is 0. The Balaban J connectivity index is 2.12. The Bertz CT molecular complexity index is 614. The van der Waals surface area contributed by atoms with E-state index in [4.69, 9.17) is 4.74 Å². The normalized spacial score (nSPS) is 10.2. The molecule has 0 radical (unpaired) electrons. The van der Waals surface area contributed by atoms with Gasteiger partial charge < -0.3 is 9.84 Å². The van der Waals surface area contributed by atoms with Crippen molar-refractivity contribution in [3.05, 3.63) is 55.6 Å². The predicted octanol–water partition coefficient (Wildman–Crippen LogP) is 4.15. The maximum Gasteiger partial charge on any atom is 0.153 e. The Morgan fingerprint density at radius 2 is 2.11 bits per heavy atom. The van der Waals surface area contributed by atoms with Crippen LogP contribution < -0.4 is 4.74 Å². The molecule has 19 heavy (non-hydrogen) atoms. The van der Waals surface area contributed by atoms with E-state index >= 15 is 0 Å². The third kappa shape index (κ3) is 3.48. The largest absolute Gasteiger partial charge is 0.507 e. The lowest BCUT2D eigenvalue weighted by Gasteiger charge is -2.09. The highest BCUT2D eigenvalue weighted by molar-refractivity contribution is 14.1. The number of hydrogen-bond donors (Lipinski definition) is 1. The van der Waals surface area contributed by atoms with Gasteiger partial charge in [-0.2, -0.15) is 0 Å². The Kier molecular flexibility index (Phi) is 4.81. The Labute approximate surface area is 132 Å². The van der Waals surface area contributed by atoms with Crippen molar-refractivity contribution in [3.63, 3.8) is 0 Å². The number of rotatable bonds is 4. The Hall–Kier alpha value is -1.08. The number of aldehydes is 1. The third-order valence-corrected chi connectivity index (χ3v) is 5.13. The fourth-order valence-corrected chi connectivity index (χ4v) is 2.47. The van der Waals surface area contributed by atoms with Crippen LogP contribution in [0.5, 0.6) is 11.5 Å². The molecule has 0 saturated heterocycles. The summed E-state index contributed by atoms with van der Waals surface area (Å²) in [5.74, 6) is 0.447. The quantitative estimate of drug-likeness (QED) is 0.583. The van der Waals surface area contributed by atoms with E-state index in [2.05, 4.69) is 38.5 Å². The summed E-state index contributed by atoms with van der Waals surface area (Å²) in [6.45, 7) is 0.386. The maximum atomic E-state index is 10.6. The second-order valence-corrected chi connectivity index (χ2v) is 5.80. The lowest BCUT2D eigenvalue weighted by Crippen LogP contribution is -1.97. The SMILES string of the molecule is O=Cc1ccc(OCc2cccc(I)c2Br)cc1O. The smallest absolute Gasteiger partial charge is 0.153 e. The van der Waals surface area contributed by atoms with Gasteiger partial charge in [0, 0.05) is 19.7 Å². The first-order valence-electron chi connectivity index (χ1n) is 5.45. The number of phenols is 1. The monoisotopic (exact) mass is 432 g/mol. The molecule has 98 valence electrons. The van der Waals surface area contributed by atoms with Gasteiger partial charge in [0.1, 0.15) is 18.1 Å². The maximum absolute atomic E-state index is 10.6. The third-order valence-electron chi connectivity index (χ3n) is 2.55. The van der Waals surface area contributed by atoms with Crippen LogP contribution in [0.3, 0.4) is 0 Å². The van der Waals surface area contributed by atoms with Gasteiger partial charge in [0.15, 0.2) is 6.29 Å². The van der Waals surface area contributed by atoms with Gasteiger partial charge in [0.25, 0.3) is 0 Å². The number of carbonyl (C=O) groups excluding carboxylic acids is 1. The van der Waals surface area contributed by atoms with Crippen molar-refractivity contribution in [3.8, 4) is 11.5 Å². The minimum atomic E-state index is -0.0748. The number of carbonyl (C=O) groups is 1. The van der Waals surface area contributed by atoms with Crippen LogP contribution in [0.25, 0.3) is 0 Å². The van der Waals surface area contributed by atoms with E-state index in [1.165, 1.54) is 12.1 Å². The van der Waals surface area contributed by atoms with Gasteiger partial charge in [-0.15, -0.1) is 0 Å². The summed E-state index contributed by atoms with van der Waals surface area (Å²) < 4.78 is 7.71. The van der Waals surface area contributed by atoms with Gasteiger partial charge in [-0.1, -0.05) is 12.1 Å². The van der Waals surface area contributed by atoms with Crippen LogP contribution in [0.2, 0.25) is 0 Å². The minimum Gasteiger partial charge on any atom is -0.507 e. The summed E-state index contributed by atoms with van der Waals surface area (Å²) in [5.41, 5.74) is 1.27. The van der Waals surface area contributed by atoms with Crippen LogP contribution >= 0.6 is 38.5 Å². The number of halogens is 2. The molecule has 0 atom stereocenters. The van der Waals surface area contributed by atoms with Crippen LogP contribution in [0.15, 0.2) is 40.9 Å². The fraction of sp³-hybridized carbons (Fsp3) is 0.0714. The van der Waals surface area contributed by atoms with Crippen LogP contribution in [-0.2, 0) is 6.61 Å². The molecule has 0 unspecified atom stereocenters. The number of benzene rings is 2. The standard InChI is InChI=1S/C14H10BrIO3/c15-14-10(2-1-3-12(14)16)8-19-11-5-4-9(7-17)13(18)6-11/h1-7,18H,8H2. The number of phenolic OH excluding ortho intramolecular Hbond substituents is 1. The molecule has 0 fully saturated rings. The second-order valence-electron chi connectivity index (χ2n) is 3.84. The molecule has 0 saturated carbocycles. The van der Waals surface area contributed by atoms with Crippen molar-refractivity contribution >= 4 is 44.8 Å². The van der Waals surface area contributed by atoms with Gasteiger partial charge >= 0.3 is 0 Å². The Morgan fingerprint density at radius 3 is 2.79 bits per heavy atom. The first kappa shape index (κ1) is 14.3. The van der Waals surface area contributed by atoms with E-state index in [1.807, 2.05) is 18.2 Å². The molecule has 2 aromatic rings. The van der Waals surface area contributed by atoms with Crippen molar-refractivity contribution in [1.82, 2.24) is 0 Å². The molecular weight excluding hydrogens is 423 g/mol. The molecule has 2 aromatic carbocycles. The highest BCUT2D eigenvalue weighted by atomic mass is 127. The molecular formula is C14H10BrIO3. The minimum absolute atomic E-state index is 0.0748. The lowest BCUT2D eigenvalue weighted by molar-refractivity contribution is 0.112. The average Bonchev–Trinajstić information content (AvgIpc) is 2.40. The molecule has 1 N–H and O–H groups in total. The molecule has 0 aliphatic rings. The van der Waals surface area contributed by atoms with Crippen molar-refractivity contribution < 1.29 is 14.6 Å². The van der Waals surface area contributed by atoms with E-state index in [9.17, 15) is 9.90 Å². The van der Waals surface area contributed by atoms with Crippen LogP contribution in [0, 0.1) is 3.57 Å². The van der Waals surface area contributed by atoms with Gasteiger partial charge in [-0.3, -0.25) is 4.79 Å². The molecule has 0 aromatic heterocycles. The van der Waals surface area contributed by atoms with Gasteiger partial charge in [-0.25, -0.2) is 0 Å². The lowest BCUT2D eigenvalue weighted by atomic mass is 10.2. The van der Waals surface area contributed by atoms with E-state index in [-0.39, 0.29) is 11.3 Å². The average molecular weight is 433 g/mol. The highest BCUT2D eigenvalue weighted by Crippen LogP contribution is 2.26. The van der Waals surface area contributed by atoms with Crippen molar-refractivity contribution in [2.45, 2.75) is 6.61 Å². The van der Waals surface area contributed by atoms with E-state index in [0.717, 1.165) is 13.6 Å². The number of aromatic hydroxyl groups is 1. The zero-order valence-electron chi connectivity index (χ0n) is 9.77. The molecule has 0 amide bonds. The first-order chi connectivity index (χ1) is 9.11. The summed E-state index contributed by atoms with van der Waals surface area (Å²) in [5, 5.41) is 9.57. The summed E-state index contributed by atoms with van der Waals surface area (Å²) in [6, 6.07) is 10.5. The molecule has 2 rings (SSSR count). The zero-order valence-corrected chi connectivity index (χ0v) is 13.5. The van der Waals surface area contributed by atoms with Crippen molar-refractivity contribution in [2.75, 3.05) is 0 Å². The van der Waals surface area contributed by atoms with E-state index in [1.54, 1.807) is 6.07 Å².